The highest BCUT2D eigenvalue weighted by Gasteiger charge is 2.25. The third kappa shape index (κ3) is 14.1. The van der Waals surface area contributed by atoms with Gasteiger partial charge in [-0.25, -0.2) is 0 Å². The molecule has 2 aromatic rings. The van der Waals surface area contributed by atoms with E-state index < -0.39 is 17.7 Å². The summed E-state index contributed by atoms with van der Waals surface area (Å²) in [4.78, 5) is 56.2. The molecule has 2 aromatic carbocycles. The SMILES string of the molecule is N=C(N)CCCCN(CC(=O)N(CC(=O)N(CCCCN)CC(N)=O)Cc1ccccc1)C(=O)CNCc1ccc(O)cc1. The normalized spacial score (nSPS) is 10.7. The Hall–Kier alpha value is -4.49. The first kappa shape index (κ1) is 35.7. The number of benzene rings is 2. The van der Waals surface area contributed by atoms with Crippen molar-refractivity contribution in [1.82, 2.24) is 20.0 Å². The molecule has 0 fully saturated rings. The van der Waals surface area contributed by atoms with E-state index in [-0.39, 0.29) is 63.3 Å². The Morgan fingerprint density at radius 1 is 0.727 bits per heavy atom. The minimum Gasteiger partial charge on any atom is -0.508 e. The lowest BCUT2D eigenvalue weighted by Gasteiger charge is -2.30. The molecule has 0 unspecified atom stereocenters. The highest BCUT2D eigenvalue weighted by molar-refractivity contribution is 5.90. The summed E-state index contributed by atoms with van der Waals surface area (Å²) in [5.74, 6) is -1.63. The van der Waals surface area contributed by atoms with Gasteiger partial charge in [0.1, 0.15) is 12.3 Å². The standard InChI is InChI=1S/C31H46N8O5/c32-15-5-7-17-37(21-28(35)41)30(43)23-39(20-25-8-2-1-3-9-25)31(44)22-38(16-6-4-10-27(33)34)29(42)19-36-18-24-11-13-26(40)14-12-24/h1-3,8-9,11-14,36,40H,4-7,10,15-23,32H2,(H3,33,34)(H2,35,41). The van der Waals surface area contributed by atoms with Gasteiger partial charge in [-0.2, -0.15) is 0 Å². The second-order valence-corrected chi connectivity index (χ2v) is 10.6. The van der Waals surface area contributed by atoms with Crippen molar-refractivity contribution in [3.8, 4) is 5.75 Å². The third-order valence-corrected chi connectivity index (χ3v) is 6.82. The molecular weight excluding hydrogens is 564 g/mol. The maximum atomic E-state index is 13.7. The first-order valence-electron chi connectivity index (χ1n) is 14.8. The maximum absolute atomic E-state index is 13.7. The van der Waals surface area contributed by atoms with Crippen LogP contribution in [0.3, 0.4) is 0 Å². The predicted octanol–water partition coefficient (Wildman–Crippen LogP) is 0.498. The van der Waals surface area contributed by atoms with Crippen LogP contribution in [-0.2, 0) is 32.3 Å². The molecule has 9 N–H and O–H groups in total. The molecule has 0 bridgehead atoms. The summed E-state index contributed by atoms with van der Waals surface area (Å²) in [5, 5.41) is 20.0. The molecule has 13 heteroatoms. The largest absolute Gasteiger partial charge is 0.508 e. The number of hydrogen-bond acceptors (Lipinski definition) is 8. The fourth-order valence-corrected chi connectivity index (χ4v) is 4.44. The molecule has 0 saturated carbocycles. The summed E-state index contributed by atoms with van der Waals surface area (Å²) < 4.78 is 0. The predicted molar refractivity (Wildman–Crippen MR) is 168 cm³/mol. The fraction of sp³-hybridized carbons (Fsp3) is 0.452. The Bertz CT molecular complexity index is 1210. The van der Waals surface area contributed by atoms with Crippen molar-refractivity contribution in [2.24, 2.45) is 17.2 Å². The monoisotopic (exact) mass is 610 g/mol. The van der Waals surface area contributed by atoms with Gasteiger partial charge in [0, 0.05) is 32.6 Å². The van der Waals surface area contributed by atoms with E-state index in [1.54, 1.807) is 24.3 Å². The lowest BCUT2D eigenvalue weighted by molar-refractivity contribution is -0.145. The molecule has 13 nitrogen and oxygen atoms in total. The summed E-state index contributed by atoms with van der Waals surface area (Å²) in [6.45, 7) is 0.626. The van der Waals surface area contributed by atoms with Crippen LogP contribution in [0.1, 0.15) is 43.2 Å². The molecule has 0 spiro atoms. The van der Waals surface area contributed by atoms with Gasteiger partial charge in [0.2, 0.25) is 23.6 Å². The second kappa shape index (κ2) is 19.7. The average molecular weight is 611 g/mol. The zero-order chi connectivity index (χ0) is 32.3. The molecule has 0 aliphatic heterocycles. The van der Waals surface area contributed by atoms with Gasteiger partial charge in [0.15, 0.2) is 0 Å². The molecule has 0 saturated heterocycles. The van der Waals surface area contributed by atoms with Crippen molar-refractivity contribution < 1.29 is 24.3 Å². The quantitative estimate of drug-likeness (QED) is 0.0664. The molecule has 0 heterocycles. The minimum atomic E-state index is -0.658. The summed E-state index contributed by atoms with van der Waals surface area (Å²) in [6, 6.07) is 15.8. The van der Waals surface area contributed by atoms with E-state index >= 15 is 0 Å². The number of carbonyl (C=O) groups excluding carboxylic acids is 4. The van der Waals surface area contributed by atoms with Crippen LogP contribution in [0, 0.1) is 5.41 Å². The number of amidine groups is 1. The Balaban J connectivity index is 2.18. The zero-order valence-corrected chi connectivity index (χ0v) is 25.2. The molecule has 240 valence electrons. The lowest BCUT2D eigenvalue weighted by Crippen LogP contribution is -2.49. The Kier molecular flexibility index (Phi) is 15.9. The number of unbranched alkanes of at least 4 members (excludes halogenated alkanes) is 2. The van der Waals surface area contributed by atoms with Crippen LogP contribution in [0.15, 0.2) is 54.6 Å². The summed E-state index contributed by atoms with van der Waals surface area (Å²) >= 11 is 0. The van der Waals surface area contributed by atoms with E-state index in [9.17, 15) is 24.3 Å². The molecular formula is C31H46N8O5. The molecule has 44 heavy (non-hydrogen) atoms. The molecule has 0 aliphatic carbocycles. The fourth-order valence-electron chi connectivity index (χ4n) is 4.44. The van der Waals surface area contributed by atoms with Crippen molar-refractivity contribution in [2.45, 2.75) is 45.2 Å². The Morgan fingerprint density at radius 2 is 1.32 bits per heavy atom. The maximum Gasteiger partial charge on any atom is 0.242 e. The topological polar surface area (TPSA) is 212 Å². The first-order chi connectivity index (χ1) is 21.1. The summed E-state index contributed by atoms with van der Waals surface area (Å²) in [5.41, 5.74) is 18.1. The van der Waals surface area contributed by atoms with Crippen molar-refractivity contribution in [1.29, 1.82) is 5.41 Å². The second-order valence-electron chi connectivity index (χ2n) is 10.6. The number of nitrogens with one attached hydrogen (secondary N) is 2. The minimum absolute atomic E-state index is 0.0357. The molecule has 2 rings (SSSR count). The summed E-state index contributed by atoms with van der Waals surface area (Å²) in [6.07, 6.45) is 2.73. The van der Waals surface area contributed by atoms with Crippen molar-refractivity contribution in [3.63, 3.8) is 0 Å². The van der Waals surface area contributed by atoms with Crippen LogP contribution in [-0.4, -0.2) is 95.1 Å². The van der Waals surface area contributed by atoms with E-state index in [1.165, 1.54) is 14.7 Å². The van der Waals surface area contributed by atoms with Crippen LogP contribution in [0.2, 0.25) is 0 Å². The van der Waals surface area contributed by atoms with Crippen molar-refractivity contribution in [2.75, 3.05) is 45.8 Å². The number of phenols is 1. The number of primary amides is 1. The van der Waals surface area contributed by atoms with Gasteiger partial charge in [0.25, 0.3) is 0 Å². The van der Waals surface area contributed by atoms with Crippen LogP contribution >= 0.6 is 0 Å². The van der Waals surface area contributed by atoms with Gasteiger partial charge in [0.05, 0.1) is 25.5 Å². The van der Waals surface area contributed by atoms with E-state index in [4.69, 9.17) is 22.6 Å². The number of amides is 4. The molecule has 0 radical (unpaired) electrons. The van der Waals surface area contributed by atoms with Gasteiger partial charge < -0.3 is 42.3 Å². The lowest BCUT2D eigenvalue weighted by atomic mass is 10.2. The first-order valence-corrected chi connectivity index (χ1v) is 14.8. The number of aromatic hydroxyl groups is 1. The van der Waals surface area contributed by atoms with Crippen molar-refractivity contribution >= 4 is 29.5 Å². The van der Waals surface area contributed by atoms with Gasteiger partial charge in [-0.1, -0.05) is 42.5 Å². The van der Waals surface area contributed by atoms with Gasteiger partial charge in [-0.05, 0) is 55.5 Å². The number of carbonyl (C=O) groups is 4. The van der Waals surface area contributed by atoms with Crippen LogP contribution in [0.4, 0.5) is 0 Å². The zero-order valence-electron chi connectivity index (χ0n) is 25.2. The van der Waals surface area contributed by atoms with Gasteiger partial charge in [-0.15, -0.1) is 0 Å². The number of phenolic OH excluding ortho intramolecular Hbond substituents is 1. The molecule has 0 aliphatic rings. The van der Waals surface area contributed by atoms with Gasteiger partial charge in [-0.3, -0.25) is 24.6 Å². The third-order valence-electron chi connectivity index (χ3n) is 6.82. The highest BCUT2D eigenvalue weighted by Crippen LogP contribution is 2.11. The number of nitrogens with zero attached hydrogens (tertiary/aromatic N) is 3. The van der Waals surface area contributed by atoms with Crippen molar-refractivity contribution in [3.05, 3.63) is 65.7 Å². The Labute approximate surface area is 258 Å². The Morgan fingerprint density at radius 3 is 1.93 bits per heavy atom. The van der Waals surface area contributed by atoms with E-state index in [1.807, 2.05) is 30.3 Å². The van der Waals surface area contributed by atoms with Crippen LogP contribution < -0.4 is 22.5 Å². The number of hydrogen-bond donors (Lipinski definition) is 6. The van der Waals surface area contributed by atoms with E-state index in [0.29, 0.717) is 45.2 Å². The van der Waals surface area contributed by atoms with Crippen LogP contribution in [0.5, 0.6) is 5.75 Å². The van der Waals surface area contributed by atoms with Crippen LogP contribution in [0.25, 0.3) is 0 Å². The van der Waals surface area contributed by atoms with Gasteiger partial charge >= 0.3 is 0 Å². The molecule has 4 amide bonds. The molecule has 0 aromatic heterocycles. The van der Waals surface area contributed by atoms with E-state index in [2.05, 4.69) is 5.32 Å². The smallest absolute Gasteiger partial charge is 0.242 e. The van der Waals surface area contributed by atoms with E-state index in [0.717, 1.165) is 11.1 Å². The summed E-state index contributed by atoms with van der Waals surface area (Å²) in [7, 11) is 0. The highest BCUT2D eigenvalue weighted by atomic mass is 16.3. The number of rotatable bonds is 21. The average Bonchev–Trinajstić information content (AvgIpc) is 2.99. The number of nitrogens with two attached hydrogens (primary N) is 3. The molecule has 0 atom stereocenters.